The van der Waals surface area contributed by atoms with Gasteiger partial charge in [0.15, 0.2) is 17.6 Å². The van der Waals surface area contributed by atoms with Gasteiger partial charge < -0.3 is 20.1 Å². The molecule has 5 nitrogen and oxygen atoms in total. The van der Waals surface area contributed by atoms with Crippen LogP contribution in [0.3, 0.4) is 0 Å². The van der Waals surface area contributed by atoms with Gasteiger partial charge in [-0.3, -0.25) is 4.79 Å². The summed E-state index contributed by atoms with van der Waals surface area (Å²) in [5, 5.41) is 0. The van der Waals surface area contributed by atoms with Crippen molar-refractivity contribution in [2.75, 3.05) is 20.2 Å². The average Bonchev–Trinajstić information content (AvgIpc) is 2.52. The molecule has 1 aliphatic heterocycles. The van der Waals surface area contributed by atoms with Crippen molar-refractivity contribution in [1.29, 1.82) is 0 Å². The molecule has 116 valence electrons. The second-order valence-corrected chi connectivity index (χ2v) is 5.63. The lowest BCUT2D eigenvalue weighted by Crippen LogP contribution is -2.49. The number of nitrogens with two attached hydrogens (primary N) is 1. The van der Waals surface area contributed by atoms with Gasteiger partial charge in [-0.05, 0) is 18.1 Å². The van der Waals surface area contributed by atoms with E-state index in [0.717, 1.165) is 17.9 Å². The molecule has 2 rings (SSSR count). The molecule has 1 aromatic rings. The van der Waals surface area contributed by atoms with Crippen LogP contribution in [-0.2, 0) is 4.79 Å². The Bertz CT molecular complexity index is 492. The van der Waals surface area contributed by atoms with Crippen LogP contribution in [0.4, 0.5) is 0 Å². The van der Waals surface area contributed by atoms with Crippen LogP contribution in [0.2, 0.25) is 0 Å². The third-order valence-corrected chi connectivity index (χ3v) is 3.96. The van der Waals surface area contributed by atoms with Crippen LogP contribution >= 0.6 is 0 Å². The van der Waals surface area contributed by atoms with Crippen LogP contribution in [0.25, 0.3) is 0 Å². The molecule has 0 spiro atoms. The highest BCUT2D eigenvalue weighted by atomic mass is 16.6. The van der Waals surface area contributed by atoms with Crippen molar-refractivity contribution in [3.05, 3.63) is 24.3 Å². The van der Waals surface area contributed by atoms with E-state index in [9.17, 15) is 4.79 Å². The van der Waals surface area contributed by atoms with E-state index in [-0.39, 0.29) is 17.9 Å². The van der Waals surface area contributed by atoms with Gasteiger partial charge in [-0.15, -0.1) is 0 Å². The Labute approximate surface area is 126 Å². The average molecular weight is 292 g/mol. The molecule has 0 fully saturated rings. The number of carbonyl (C=O) groups is 1. The van der Waals surface area contributed by atoms with Gasteiger partial charge in [0.1, 0.15) is 6.61 Å². The Hall–Kier alpha value is -1.75. The zero-order valence-corrected chi connectivity index (χ0v) is 12.9. The minimum atomic E-state index is -0.461. The molecule has 1 heterocycles. The van der Waals surface area contributed by atoms with E-state index in [1.807, 2.05) is 38.1 Å². The second-order valence-electron chi connectivity index (χ2n) is 5.63. The zero-order chi connectivity index (χ0) is 15.4. The Balaban J connectivity index is 1.92. The van der Waals surface area contributed by atoms with Crippen molar-refractivity contribution in [1.82, 2.24) is 4.90 Å². The van der Waals surface area contributed by atoms with Crippen molar-refractivity contribution in [3.63, 3.8) is 0 Å². The van der Waals surface area contributed by atoms with Gasteiger partial charge in [-0.25, -0.2) is 0 Å². The normalized spacial score (nSPS) is 19.7. The van der Waals surface area contributed by atoms with Crippen molar-refractivity contribution in [2.45, 2.75) is 32.4 Å². The minimum absolute atomic E-state index is 0.0493. The molecule has 21 heavy (non-hydrogen) atoms. The molecular formula is C16H24N2O3. The van der Waals surface area contributed by atoms with Gasteiger partial charge in [0.05, 0.1) is 12.6 Å². The maximum absolute atomic E-state index is 12.3. The minimum Gasteiger partial charge on any atom is -0.486 e. The molecule has 0 saturated heterocycles. The van der Waals surface area contributed by atoms with E-state index >= 15 is 0 Å². The predicted molar refractivity (Wildman–Crippen MR) is 81.4 cm³/mol. The van der Waals surface area contributed by atoms with Crippen molar-refractivity contribution >= 4 is 5.91 Å². The summed E-state index contributed by atoms with van der Waals surface area (Å²) < 4.78 is 11.5. The molecule has 0 aliphatic carbocycles. The van der Waals surface area contributed by atoms with E-state index < -0.39 is 6.04 Å². The SMILES string of the molecule is CCC(C)C(N)C(=O)N(C)CC1COc2ccccc2O1. The third-order valence-electron chi connectivity index (χ3n) is 3.96. The van der Waals surface area contributed by atoms with E-state index in [0.29, 0.717) is 13.2 Å². The molecule has 3 unspecified atom stereocenters. The Morgan fingerprint density at radius 2 is 2.10 bits per heavy atom. The number of hydrogen-bond acceptors (Lipinski definition) is 4. The van der Waals surface area contributed by atoms with Gasteiger partial charge in [-0.2, -0.15) is 0 Å². The highest BCUT2D eigenvalue weighted by Crippen LogP contribution is 2.30. The first-order chi connectivity index (χ1) is 10.0. The van der Waals surface area contributed by atoms with Crippen LogP contribution in [0.5, 0.6) is 11.5 Å². The summed E-state index contributed by atoms with van der Waals surface area (Å²) in [5.74, 6) is 1.59. The van der Waals surface area contributed by atoms with Crippen LogP contribution in [0.1, 0.15) is 20.3 Å². The second kappa shape index (κ2) is 6.80. The summed E-state index contributed by atoms with van der Waals surface area (Å²) in [5.41, 5.74) is 5.99. The number of benzene rings is 1. The first-order valence-electron chi connectivity index (χ1n) is 7.42. The molecule has 1 amide bonds. The summed E-state index contributed by atoms with van der Waals surface area (Å²) in [7, 11) is 1.76. The molecule has 0 saturated carbocycles. The summed E-state index contributed by atoms with van der Waals surface area (Å²) >= 11 is 0. The molecule has 1 aromatic carbocycles. The van der Waals surface area contributed by atoms with Gasteiger partial charge in [0.2, 0.25) is 5.91 Å². The maximum atomic E-state index is 12.3. The Morgan fingerprint density at radius 3 is 2.76 bits per heavy atom. The van der Waals surface area contributed by atoms with Crippen LogP contribution < -0.4 is 15.2 Å². The number of nitrogens with zero attached hydrogens (tertiary/aromatic N) is 1. The smallest absolute Gasteiger partial charge is 0.239 e. The number of likely N-dealkylation sites (N-methyl/N-ethyl adjacent to an activating group) is 1. The summed E-state index contributed by atoms with van der Waals surface area (Å²) in [6.45, 7) is 4.93. The van der Waals surface area contributed by atoms with Crippen LogP contribution in [-0.4, -0.2) is 43.2 Å². The fourth-order valence-electron chi connectivity index (χ4n) is 2.30. The highest BCUT2D eigenvalue weighted by Gasteiger charge is 2.27. The lowest BCUT2D eigenvalue weighted by atomic mass is 9.99. The fraction of sp³-hybridized carbons (Fsp3) is 0.562. The monoisotopic (exact) mass is 292 g/mol. The summed E-state index contributed by atoms with van der Waals surface area (Å²) in [6.07, 6.45) is 0.718. The summed E-state index contributed by atoms with van der Waals surface area (Å²) in [6, 6.07) is 7.09. The first-order valence-corrected chi connectivity index (χ1v) is 7.42. The highest BCUT2D eigenvalue weighted by molar-refractivity contribution is 5.81. The quantitative estimate of drug-likeness (QED) is 0.896. The van der Waals surface area contributed by atoms with E-state index in [2.05, 4.69) is 0 Å². The Kier molecular flexibility index (Phi) is 5.07. The number of ether oxygens (including phenoxy) is 2. The van der Waals surface area contributed by atoms with E-state index in [4.69, 9.17) is 15.2 Å². The number of para-hydroxylation sites is 2. The topological polar surface area (TPSA) is 64.8 Å². The molecule has 2 N–H and O–H groups in total. The van der Waals surface area contributed by atoms with Gasteiger partial charge in [0.25, 0.3) is 0 Å². The van der Waals surface area contributed by atoms with Crippen molar-refractivity contribution in [3.8, 4) is 11.5 Å². The maximum Gasteiger partial charge on any atom is 0.239 e. The summed E-state index contributed by atoms with van der Waals surface area (Å²) in [4.78, 5) is 13.9. The van der Waals surface area contributed by atoms with Crippen molar-refractivity contribution < 1.29 is 14.3 Å². The first kappa shape index (κ1) is 15.6. The fourth-order valence-corrected chi connectivity index (χ4v) is 2.30. The predicted octanol–water partition coefficient (Wildman–Crippen LogP) is 1.66. The lowest BCUT2D eigenvalue weighted by molar-refractivity contribution is -0.133. The molecule has 1 aliphatic rings. The van der Waals surface area contributed by atoms with Crippen LogP contribution in [0.15, 0.2) is 24.3 Å². The number of hydrogen-bond donors (Lipinski definition) is 1. The molecule has 5 heteroatoms. The molecule has 0 aromatic heterocycles. The zero-order valence-electron chi connectivity index (χ0n) is 12.9. The van der Waals surface area contributed by atoms with Gasteiger partial charge in [0, 0.05) is 7.05 Å². The van der Waals surface area contributed by atoms with E-state index in [1.54, 1.807) is 11.9 Å². The Morgan fingerprint density at radius 1 is 1.43 bits per heavy atom. The number of carbonyl (C=O) groups excluding carboxylic acids is 1. The largest absolute Gasteiger partial charge is 0.486 e. The molecule has 3 atom stereocenters. The third kappa shape index (κ3) is 3.67. The van der Waals surface area contributed by atoms with Gasteiger partial charge in [-0.1, -0.05) is 32.4 Å². The lowest BCUT2D eigenvalue weighted by Gasteiger charge is -2.31. The number of rotatable bonds is 5. The number of fused-ring (bicyclic) bond motifs is 1. The molecule has 0 bridgehead atoms. The molecular weight excluding hydrogens is 268 g/mol. The van der Waals surface area contributed by atoms with E-state index in [1.165, 1.54) is 0 Å². The van der Waals surface area contributed by atoms with Crippen LogP contribution in [0, 0.1) is 5.92 Å². The van der Waals surface area contributed by atoms with Gasteiger partial charge >= 0.3 is 0 Å². The standard InChI is InChI=1S/C16H24N2O3/c1-4-11(2)15(17)16(19)18(3)9-12-10-20-13-7-5-6-8-14(13)21-12/h5-8,11-12,15H,4,9-10,17H2,1-3H3. The molecule has 0 radical (unpaired) electrons. The number of amides is 1. The van der Waals surface area contributed by atoms with Crippen molar-refractivity contribution in [2.24, 2.45) is 11.7 Å².